The van der Waals surface area contributed by atoms with Crippen molar-refractivity contribution in [3.63, 3.8) is 0 Å². The third-order valence-corrected chi connectivity index (χ3v) is 2.07. The molecule has 2 N–H and O–H groups in total. The van der Waals surface area contributed by atoms with Crippen molar-refractivity contribution in [1.29, 1.82) is 0 Å². The molecule has 0 aliphatic carbocycles. The molecule has 1 aromatic carbocycles. The topological polar surface area (TPSA) is 66.8 Å². The van der Waals surface area contributed by atoms with Crippen molar-refractivity contribution in [1.82, 2.24) is 0 Å². The first-order valence-electron chi connectivity index (χ1n) is 4.73. The van der Waals surface area contributed by atoms with Gasteiger partial charge < -0.3 is 14.9 Å². The summed E-state index contributed by atoms with van der Waals surface area (Å²) in [5.41, 5.74) is 0.861. The van der Waals surface area contributed by atoms with E-state index in [4.69, 9.17) is 14.9 Å². The number of benzene rings is 1. The molecule has 4 nitrogen and oxygen atoms in total. The number of aliphatic hydroxyl groups excluding tert-OH is 1. The van der Waals surface area contributed by atoms with Gasteiger partial charge in [-0.25, -0.2) is 4.79 Å². The zero-order valence-corrected chi connectivity index (χ0v) is 8.56. The summed E-state index contributed by atoms with van der Waals surface area (Å²) in [4.78, 5) is 10.8. The van der Waals surface area contributed by atoms with Gasteiger partial charge >= 0.3 is 5.97 Å². The number of aromatic carboxylic acids is 1. The van der Waals surface area contributed by atoms with Crippen molar-refractivity contribution in [2.75, 3.05) is 13.2 Å². The Bertz CT molecular complexity index is 346. The van der Waals surface area contributed by atoms with Gasteiger partial charge in [-0.2, -0.15) is 0 Å². The summed E-state index contributed by atoms with van der Waals surface area (Å²) < 4.78 is 5.34. The number of carboxylic acid groups (broad SMARTS) is 1. The van der Waals surface area contributed by atoms with E-state index >= 15 is 0 Å². The van der Waals surface area contributed by atoms with Gasteiger partial charge in [0.2, 0.25) is 0 Å². The van der Waals surface area contributed by atoms with E-state index in [1.807, 2.05) is 0 Å². The van der Waals surface area contributed by atoms with Gasteiger partial charge in [0.15, 0.2) is 0 Å². The molecule has 0 radical (unpaired) electrons. The Morgan fingerprint density at radius 1 is 1.47 bits per heavy atom. The number of aliphatic hydroxyl groups is 1. The molecule has 0 bridgehead atoms. The summed E-state index contributed by atoms with van der Waals surface area (Å²) in [6, 6.07) is 4.90. The molecular weight excluding hydrogens is 196 g/mol. The molecule has 0 aliphatic rings. The lowest BCUT2D eigenvalue weighted by Gasteiger charge is -2.09. The average Bonchev–Trinajstić information content (AvgIpc) is 2.20. The second kappa shape index (κ2) is 5.36. The Hall–Kier alpha value is -1.55. The maximum atomic E-state index is 10.8. The smallest absolute Gasteiger partial charge is 0.336 e. The van der Waals surface area contributed by atoms with Gasteiger partial charge in [0.1, 0.15) is 5.75 Å². The minimum Gasteiger partial charge on any atom is -0.493 e. The second-order valence-electron chi connectivity index (χ2n) is 3.16. The molecule has 0 aromatic heterocycles. The minimum atomic E-state index is -0.958. The maximum absolute atomic E-state index is 10.8. The van der Waals surface area contributed by atoms with Crippen LogP contribution in [0.15, 0.2) is 18.2 Å². The van der Waals surface area contributed by atoms with Crippen LogP contribution in [0.25, 0.3) is 0 Å². The highest BCUT2D eigenvalue weighted by atomic mass is 16.5. The Labute approximate surface area is 88.1 Å². The fourth-order valence-corrected chi connectivity index (χ4v) is 1.25. The van der Waals surface area contributed by atoms with Crippen LogP contribution in [0.5, 0.6) is 5.75 Å². The van der Waals surface area contributed by atoms with Crippen LogP contribution in [0.2, 0.25) is 0 Å². The van der Waals surface area contributed by atoms with Gasteiger partial charge in [0, 0.05) is 18.6 Å². The van der Waals surface area contributed by atoms with Crippen molar-refractivity contribution in [2.45, 2.75) is 13.3 Å². The van der Waals surface area contributed by atoms with Crippen molar-refractivity contribution in [3.05, 3.63) is 29.3 Å². The van der Waals surface area contributed by atoms with Crippen LogP contribution in [0.4, 0.5) is 0 Å². The normalized spacial score (nSPS) is 10.0. The largest absolute Gasteiger partial charge is 0.493 e. The van der Waals surface area contributed by atoms with Gasteiger partial charge in [0.05, 0.1) is 12.2 Å². The summed E-state index contributed by atoms with van der Waals surface area (Å²) in [5, 5.41) is 17.4. The number of ether oxygens (including phenoxy) is 1. The Morgan fingerprint density at radius 3 is 2.80 bits per heavy atom. The molecule has 0 amide bonds. The highest BCUT2D eigenvalue weighted by Crippen LogP contribution is 2.21. The molecule has 1 rings (SSSR count). The Balaban J connectivity index is 2.80. The van der Waals surface area contributed by atoms with Crippen LogP contribution in [0, 0.1) is 6.92 Å². The lowest BCUT2D eigenvalue weighted by molar-refractivity contribution is 0.0695. The summed E-state index contributed by atoms with van der Waals surface area (Å²) in [5.74, 6) is -0.400. The molecular formula is C11H14O4. The molecule has 0 saturated heterocycles. The SMILES string of the molecule is Cc1c(OCCCO)cccc1C(=O)O. The summed E-state index contributed by atoms with van der Waals surface area (Å²) in [6.45, 7) is 2.16. The first-order chi connectivity index (χ1) is 7.16. The van der Waals surface area contributed by atoms with E-state index in [0.717, 1.165) is 0 Å². The number of carboxylic acids is 1. The van der Waals surface area contributed by atoms with Crippen LogP contribution in [-0.4, -0.2) is 29.4 Å². The van der Waals surface area contributed by atoms with Crippen molar-refractivity contribution >= 4 is 5.97 Å². The molecule has 0 spiro atoms. The molecule has 0 saturated carbocycles. The fourth-order valence-electron chi connectivity index (χ4n) is 1.25. The van der Waals surface area contributed by atoms with Gasteiger partial charge in [-0.1, -0.05) is 6.07 Å². The van der Waals surface area contributed by atoms with Crippen LogP contribution in [-0.2, 0) is 0 Å². The van der Waals surface area contributed by atoms with E-state index in [2.05, 4.69) is 0 Å². The van der Waals surface area contributed by atoms with Crippen LogP contribution in [0.3, 0.4) is 0 Å². The second-order valence-corrected chi connectivity index (χ2v) is 3.16. The molecule has 0 atom stereocenters. The zero-order chi connectivity index (χ0) is 11.3. The molecule has 82 valence electrons. The minimum absolute atomic E-state index is 0.0671. The van der Waals surface area contributed by atoms with Crippen molar-refractivity contribution < 1.29 is 19.7 Å². The predicted molar refractivity (Wildman–Crippen MR) is 55.3 cm³/mol. The molecule has 0 fully saturated rings. The summed E-state index contributed by atoms with van der Waals surface area (Å²) >= 11 is 0. The van der Waals surface area contributed by atoms with Crippen molar-refractivity contribution in [2.24, 2.45) is 0 Å². The molecule has 0 aliphatic heterocycles. The van der Waals surface area contributed by atoms with Crippen LogP contribution >= 0.6 is 0 Å². The van der Waals surface area contributed by atoms with Crippen LogP contribution < -0.4 is 4.74 Å². The van der Waals surface area contributed by atoms with Gasteiger partial charge in [0.25, 0.3) is 0 Å². The fraction of sp³-hybridized carbons (Fsp3) is 0.364. The third-order valence-electron chi connectivity index (χ3n) is 2.07. The van der Waals surface area contributed by atoms with Gasteiger partial charge in [-0.15, -0.1) is 0 Å². The Kier molecular flexibility index (Phi) is 4.12. The van der Waals surface area contributed by atoms with E-state index in [9.17, 15) is 4.79 Å². The molecule has 1 aromatic rings. The summed E-state index contributed by atoms with van der Waals surface area (Å²) in [7, 11) is 0. The molecule has 0 unspecified atom stereocenters. The van der Waals surface area contributed by atoms with Gasteiger partial charge in [-0.3, -0.25) is 0 Å². The number of hydrogen-bond acceptors (Lipinski definition) is 3. The van der Waals surface area contributed by atoms with E-state index in [0.29, 0.717) is 24.3 Å². The predicted octanol–water partition coefficient (Wildman–Crippen LogP) is 1.45. The average molecular weight is 210 g/mol. The standard InChI is InChI=1S/C11H14O4/c1-8-9(11(13)14)4-2-5-10(8)15-7-3-6-12/h2,4-5,12H,3,6-7H2,1H3,(H,13,14). The zero-order valence-electron chi connectivity index (χ0n) is 8.56. The number of hydrogen-bond donors (Lipinski definition) is 2. The summed E-state index contributed by atoms with van der Waals surface area (Å²) in [6.07, 6.45) is 0.538. The molecule has 15 heavy (non-hydrogen) atoms. The van der Waals surface area contributed by atoms with Crippen LogP contribution in [0.1, 0.15) is 22.3 Å². The molecule has 4 heteroatoms. The molecule has 0 heterocycles. The highest BCUT2D eigenvalue weighted by molar-refractivity contribution is 5.90. The first kappa shape index (κ1) is 11.5. The van der Waals surface area contributed by atoms with E-state index in [1.54, 1.807) is 19.1 Å². The lowest BCUT2D eigenvalue weighted by Crippen LogP contribution is -2.05. The van der Waals surface area contributed by atoms with Crippen molar-refractivity contribution in [3.8, 4) is 5.75 Å². The number of rotatable bonds is 5. The van der Waals surface area contributed by atoms with Gasteiger partial charge in [-0.05, 0) is 19.1 Å². The maximum Gasteiger partial charge on any atom is 0.336 e. The quantitative estimate of drug-likeness (QED) is 0.722. The highest BCUT2D eigenvalue weighted by Gasteiger charge is 2.10. The lowest BCUT2D eigenvalue weighted by atomic mass is 10.1. The van der Waals surface area contributed by atoms with E-state index in [1.165, 1.54) is 6.07 Å². The monoisotopic (exact) mass is 210 g/mol. The van der Waals surface area contributed by atoms with E-state index < -0.39 is 5.97 Å². The first-order valence-corrected chi connectivity index (χ1v) is 4.73. The van der Waals surface area contributed by atoms with E-state index in [-0.39, 0.29) is 12.2 Å². The number of carbonyl (C=O) groups is 1. The Morgan fingerprint density at radius 2 is 2.20 bits per heavy atom. The third kappa shape index (κ3) is 2.95.